The van der Waals surface area contributed by atoms with Gasteiger partial charge < -0.3 is 20.1 Å². The molecule has 3 atom stereocenters. The number of benzene rings is 2. The number of carbonyl (C=O) groups is 2. The lowest BCUT2D eigenvalue weighted by atomic mass is 9.68. The molecule has 4 rings (SSSR count). The summed E-state index contributed by atoms with van der Waals surface area (Å²) in [6.45, 7) is 7.36. The zero-order valence-corrected chi connectivity index (χ0v) is 24.3. The van der Waals surface area contributed by atoms with Gasteiger partial charge in [-0.05, 0) is 45.4 Å². The summed E-state index contributed by atoms with van der Waals surface area (Å²) in [5.74, 6) is -1.89. The lowest BCUT2D eigenvalue weighted by molar-refractivity contribution is -0.151. The smallest absolute Gasteiger partial charge is 0.336 e. The molecule has 3 unspecified atom stereocenters. The molecule has 4 N–H and O–H groups in total. The van der Waals surface area contributed by atoms with Crippen LogP contribution >= 0.6 is 11.3 Å². The maximum absolute atomic E-state index is 14.0. The molecule has 0 radical (unpaired) electrons. The first kappa shape index (κ1) is 29.2. The number of primary sulfonamides is 1. The normalized spacial score (nSPS) is 20.9. The van der Waals surface area contributed by atoms with Gasteiger partial charge in [-0.1, -0.05) is 42.5 Å². The molecule has 0 saturated carbocycles. The van der Waals surface area contributed by atoms with Gasteiger partial charge in [0.25, 0.3) is 0 Å². The molecule has 0 spiro atoms. The zero-order chi connectivity index (χ0) is 29.1. The van der Waals surface area contributed by atoms with Gasteiger partial charge in [-0.3, -0.25) is 0 Å². The van der Waals surface area contributed by atoms with Crippen molar-refractivity contribution in [3.8, 4) is 11.3 Å². The summed E-state index contributed by atoms with van der Waals surface area (Å²) in [5, 5.41) is 14.1. The first-order chi connectivity index (χ1) is 19.0. The molecule has 0 aliphatic carbocycles. The molecule has 12 heteroatoms. The number of esters is 2. The number of hydrogen-bond donors (Lipinski definition) is 3. The van der Waals surface area contributed by atoms with E-state index in [1.807, 2.05) is 37.3 Å². The van der Waals surface area contributed by atoms with Crippen molar-refractivity contribution >= 4 is 38.4 Å². The monoisotopic (exact) mass is 584 g/mol. The Morgan fingerprint density at radius 2 is 1.80 bits per heavy atom. The maximum Gasteiger partial charge on any atom is 0.336 e. The summed E-state index contributed by atoms with van der Waals surface area (Å²) in [6.07, 6.45) is 0. The van der Waals surface area contributed by atoms with Crippen molar-refractivity contribution in [2.75, 3.05) is 18.5 Å². The van der Waals surface area contributed by atoms with Gasteiger partial charge in [0.1, 0.15) is 0 Å². The number of aromatic nitrogens is 1. The van der Waals surface area contributed by atoms with Crippen molar-refractivity contribution in [2.45, 2.75) is 50.1 Å². The number of nitrogens with two attached hydrogens (primary N) is 1. The van der Waals surface area contributed by atoms with E-state index >= 15 is 0 Å². The lowest BCUT2D eigenvalue weighted by Gasteiger charge is -2.48. The predicted molar refractivity (Wildman–Crippen MR) is 153 cm³/mol. The minimum atomic E-state index is -3.90. The maximum atomic E-state index is 14.0. The number of rotatable bonds is 9. The Morgan fingerprint density at radius 1 is 1.10 bits per heavy atom. The van der Waals surface area contributed by atoms with E-state index < -0.39 is 39.5 Å². The summed E-state index contributed by atoms with van der Waals surface area (Å²) < 4.78 is 34.8. The quantitative estimate of drug-likeness (QED) is 0.319. The van der Waals surface area contributed by atoms with Gasteiger partial charge >= 0.3 is 11.9 Å². The molecule has 40 heavy (non-hydrogen) atoms. The number of allylic oxidation sites excluding steroid dienone is 1. The highest BCUT2D eigenvalue weighted by Gasteiger charge is 2.58. The first-order valence-electron chi connectivity index (χ1n) is 12.8. The largest absolute Gasteiger partial charge is 0.464 e. The van der Waals surface area contributed by atoms with Gasteiger partial charge in [-0.15, -0.1) is 11.3 Å². The Labute approximate surface area is 237 Å². The topological polar surface area (TPSA) is 150 Å². The van der Waals surface area contributed by atoms with Crippen LogP contribution in [0, 0.1) is 0 Å². The minimum Gasteiger partial charge on any atom is -0.464 e. The molecule has 2 heterocycles. The minimum absolute atomic E-state index is 0.0376. The van der Waals surface area contributed by atoms with E-state index in [-0.39, 0.29) is 18.1 Å². The van der Waals surface area contributed by atoms with Crippen LogP contribution in [0.3, 0.4) is 0 Å². The van der Waals surface area contributed by atoms with Crippen molar-refractivity contribution in [3.63, 3.8) is 0 Å². The van der Waals surface area contributed by atoms with E-state index in [1.165, 1.54) is 23.5 Å². The van der Waals surface area contributed by atoms with Gasteiger partial charge in [-0.25, -0.2) is 28.1 Å². The Bertz CT molecular complexity index is 1540. The van der Waals surface area contributed by atoms with Crippen LogP contribution in [0.4, 0.5) is 5.13 Å². The fourth-order valence-corrected chi connectivity index (χ4v) is 6.37. The van der Waals surface area contributed by atoms with Crippen LogP contribution in [-0.4, -0.2) is 50.1 Å². The summed E-state index contributed by atoms with van der Waals surface area (Å²) >= 11 is 1.23. The SMILES string of the molecule is CCOC(=O)C1=C(C)NC(C)C(Nc2nc(-c3cccc(S(N)(=O)=O)c3)cs2)(C(=O)OCC)C1c1ccccc1. The summed E-state index contributed by atoms with van der Waals surface area (Å²) in [5.41, 5.74) is 1.15. The molecule has 0 saturated heterocycles. The van der Waals surface area contributed by atoms with E-state index in [2.05, 4.69) is 15.6 Å². The first-order valence-corrected chi connectivity index (χ1v) is 15.2. The number of thiazole rings is 1. The molecule has 10 nitrogen and oxygen atoms in total. The summed E-state index contributed by atoms with van der Waals surface area (Å²) in [6, 6.07) is 14.9. The van der Waals surface area contributed by atoms with Crippen LogP contribution in [0.5, 0.6) is 0 Å². The lowest BCUT2D eigenvalue weighted by Crippen LogP contribution is -2.66. The van der Waals surface area contributed by atoms with Crippen LogP contribution in [0.2, 0.25) is 0 Å². The average molecular weight is 585 g/mol. The summed E-state index contributed by atoms with van der Waals surface area (Å²) in [7, 11) is -3.90. The van der Waals surface area contributed by atoms with E-state index in [9.17, 15) is 18.0 Å². The van der Waals surface area contributed by atoms with Crippen LogP contribution in [0.15, 0.2) is 76.1 Å². The van der Waals surface area contributed by atoms with Crippen LogP contribution in [0.25, 0.3) is 11.3 Å². The van der Waals surface area contributed by atoms with Crippen molar-refractivity contribution < 1.29 is 27.5 Å². The zero-order valence-electron chi connectivity index (χ0n) is 22.6. The standard InChI is InChI=1S/C28H32N4O6S2/c1-5-37-25(33)23-17(3)30-18(4)28(26(34)38-6-2,24(23)19-11-8-7-9-12-19)32-27-31-22(16-39-27)20-13-10-14-21(15-20)40(29,35)36/h7-16,18,24,30H,5-6H2,1-4H3,(H,31,32)(H2,29,35,36). The molecule has 1 aliphatic heterocycles. The Hall–Kier alpha value is -3.74. The van der Waals surface area contributed by atoms with E-state index in [0.29, 0.717) is 27.7 Å². The number of carbonyl (C=O) groups excluding carboxylic acids is 2. The summed E-state index contributed by atoms with van der Waals surface area (Å²) in [4.78, 5) is 32.0. The van der Waals surface area contributed by atoms with Crippen LogP contribution in [-0.2, 0) is 29.1 Å². The Morgan fingerprint density at radius 3 is 2.45 bits per heavy atom. The third kappa shape index (κ3) is 5.60. The molecular weight excluding hydrogens is 552 g/mol. The molecule has 2 aromatic carbocycles. The second kappa shape index (κ2) is 11.8. The third-order valence-corrected chi connectivity index (χ3v) is 8.45. The average Bonchev–Trinajstić information content (AvgIpc) is 3.38. The second-order valence-corrected chi connectivity index (χ2v) is 11.7. The highest BCUT2D eigenvalue weighted by molar-refractivity contribution is 7.89. The van der Waals surface area contributed by atoms with Crippen LogP contribution in [0.1, 0.15) is 39.2 Å². The van der Waals surface area contributed by atoms with Gasteiger partial charge in [0.2, 0.25) is 10.0 Å². The molecular formula is C28H32N4O6S2. The second-order valence-electron chi connectivity index (χ2n) is 9.29. The third-order valence-electron chi connectivity index (χ3n) is 6.78. The van der Waals surface area contributed by atoms with Gasteiger partial charge in [0.15, 0.2) is 10.7 Å². The molecule has 212 valence electrons. The van der Waals surface area contributed by atoms with Crippen molar-refractivity contribution in [1.82, 2.24) is 10.3 Å². The van der Waals surface area contributed by atoms with E-state index in [1.54, 1.807) is 38.3 Å². The van der Waals surface area contributed by atoms with Crippen molar-refractivity contribution in [2.24, 2.45) is 5.14 Å². The molecule has 1 aliphatic rings. The van der Waals surface area contributed by atoms with Gasteiger partial charge in [0, 0.05) is 16.6 Å². The molecule has 0 amide bonds. The van der Waals surface area contributed by atoms with E-state index in [4.69, 9.17) is 14.6 Å². The fourth-order valence-electron chi connectivity index (χ4n) is 5.02. The van der Waals surface area contributed by atoms with Crippen molar-refractivity contribution in [1.29, 1.82) is 0 Å². The number of sulfonamides is 1. The number of nitrogens with zero attached hydrogens (tertiary/aromatic N) is 1. The van der Waals surface area contributed by atoms with E-state index in [0.717, 1.165) is 5.56 Å². The van der Waals surface area contributed by atoms with Gasteiger partial charge in [-0.2, -0.15) is 0 Å². The highest BCUT2D eigenvalue weighted by atomic mass is 32.2. The molecule has 0 fully saturated rings. The van der Waals surface area contributed by atoms with Gasteiger partial charge in [0.05, 0.1) is 41.3 Å². The Balaban J connectivity index is 1.87. The molecule has 3 aromatic rings. The molecule has 0 bridgehead atoms. The number of nitrogens with one attached hydrogen (secondary N) is 2. The fraction of sp³-hybridized carbons (Fsp3) is 0.321. The van der Waals surface area contributed by atoms with Crippen molar-refractivity contribution in [3.05, 3.63) is 76.8 Å². The molecule has 1 aromatic heterocycles. The highest BCUT2D eigenvalue weighted by Crippen LogP contribution is 2.45. The number of anilines is 1. The predicted octanol–water partition coefficient (Wildman–Crippen LogP) is 3.78. The Kier molecular flexibility index (Phi) is 8.62. The van der Waals surface area contributed by atoms with Crippen LogP contribution < -0.4 is 15.8 Å². The number of hydrogen-bond acceptors (Lipinski definition) is 10. The number of ether oxygens (including phenoxy) is 2.